The van der Waals surface area contributed by atoms with Gasteiger partial charge in [-0.25, -0.2) is 0 Å². The predicted octanol–water partition coefficient (Wildman–Crippen LogP) is 5.31. The van der Waals surface area contributed by atoms with Crippen LogP contribution in [0.15, 0.2) is 65.6 Å². The van der Waals surface area contributed by atoms with E-state index in [1.807, 2.05) is 24.3 Å². The fourth-order valence-electron chi connectivity index (χ4n) is 3.13. The van der Waals surface area contributed by atoms with Crippen LogP contribution in [0.5, 0.6) is 0 Å². The summed E-state index contributed by atoms with van der Waals surface area (Å²) in [7, 11) is 0. The first-order valence-electron chi connectivity index (χ1n) is 8.81. The van der Waals surface area contributed by atoms with E-state index in [-0.39, 0.29) is 11.0 Å². The Hall–Kier alpha value is -2.85. The zero-order valence-corrected chi connectivity index (χ0v) is 16.2. The maximum Gasteiger partial charge on any atom is 0.274 e. The number of nitrogens with zero attached hydrogens (tertiary/aromatic N) is 2. The normalized spacial score (nSPS) is 11.9. The Morgan fingerprint density at radius 1 is 0.963 bits per heavy atom. The molecule has 5 heteroatoms. The summed E-state index contributed by atoms with van der Waals surface area (Å²) in [4.78, 5) is 15.9. The highest BCUT2D eigenvalue weighted by Crippen LogP contribution is 2.28. The number of hydrogen-bond acceptors (Lipinski definition) is 2. The Labute approximate surface area is 162 Å². The SMILES string of the molecule is CC(C)(C)c1ccc(-c2cnn3c(=O)cc(-c4ccc(Cl)cc4)[nH]c23)cc1. The van der Waals surface area contributed by atoms with Crippen LogP contribution in [0.1, 0.15) is 26.3 Å². The zero-order chi connectivity index (χ0) is 19.2. The monoisotopic (exact) mass is 377 g/mol. The summed E-state index contributed by atoms with van der Waals surface area (Å²) in [5, 5.41) is 4.92. The highest BCUT2D eigenvalue weighted by atomic mass is 35.5. The summed E-state index contributed by atoms with van der Waals surface area (Å²) in [5.41, 5.74) is 5.40. The van der Waals surface area contributed by atoms with Crippen LogP contribution >= 0.6 is 11.6 Å². The topological polar surface area (TPSA) is 50.2 Å². The zero-order valence-electron chi connectivity index (χ0n) is 15.5. The fraction of sp³-hybridized carbons (Fsp3) is 0.182. The summed E-state index contributed by atoms with van der Waals surface area (Å²) in [6.07, 6.45) is 1.73. The van der Waals surface area contributed by atoms with Crippen LogP contribution in [0.2, 0.25) is 5.02 Å². The third-order valence-corrected chi connectivity index (χ3v) is 4.97. The summed E-state index contributed by atoms with van der Waals surface area (Å²) in [6.45, 7) is 6.56. The lowest BCUT2D eigenvalue weighted by atomic mass is 9.86. The van der Waals surface area contributed by atoms with Gasteiger partial charge < -0.3 is 4.98 Å². The Kier molecular flexibility index (Phi) is 4.16. The van der Waals surface area contributed by atoms with E-state index in [4.69, 9.17) is 11.6 Å². The highest BCUT2D eigenvalue weighted by Gasteiger charge is 2.15. The first-order chi connectivity index (χ1) is 12.8. The molecule has 0 unspecified atom stereocenters. The minimum Gasteiger partial charge on any atom is -0.339 e. The van der Waals surface area contributed by atoms with Gasteiger partial charge in [-0.05, 0) is 34.2 Å². The Balaban J connectivity index is 1.85. The van der Waals surface area contributed by atoms with E-state index >= 15 is 0 Å². The summed E-state index contributed by atoms with van der Waals surface area (Å²) in [6, 6.07) is 17.3. The molecule has 0 saturated carbocycles. The maximum atomic E-state index is 12.5. The first-order valence-corrected chi connectivity index (χ1v) is 9.19. The van der Waals surface area contributed by atoms with Gasteiger partial charge in [-0.2, -0.15) is 9.61 Å². The smallest absolute Gasteiger partial charge is 0.274 e. The molecule has 2 heterocycles. The van der Waals surface area contributed by atoms with Gasteiger partial charge in [-0.3, -0.25) is 4.79 Å². The van der Waals surface area contributed by atoms with Crippen molar-refractivity contribution in [2.75, 3.05) is 0 Å². The van der Waals surface area contributed by atoms with Gasteiger partial charge in [0.1, 0.15) is 5.65 Å². The van der Waals surface area contributed by atoms with Crippen molar-refractivity contribution in [3.63, 3.8) is 0 Å². The number of aromatic amines is 1. The third kappa shape index (κ3) is 3.28. The number of fused-ring (bicyclic) bond motifs is 1. The maximum absolute atomic E-state index is 12.5. The van der Waals surface area contributed by atoms with Crippen molar-refractivity contribution in [2.24, 2.45) is 0 Å². The van der Waals surface area contributed by atoms with Gasteiger partial charge in [-0.1, -0.05) is 68.8 Å². The van der Waals surface area contributed by atoms with Crippen molar-refractivity contribution < 1.29 is 0 Å². The van der Waals surface area contributed by atoms with Gasteiger partial charge in [0.15, 0.2) is 0 Å². The summed E-state index contributed by atoms with van der Waals surface area (Å²) >= 11 is 5.97. The van der Waals surface area contributed by atoms with Gasteiger partial charge in [-0.15, -0.1) is 0 Å². The lowest BCUT2D eigenvalue weighted by Gasteiger charge is -2.19. The van der Waals surface area contributed by atoms with Crippen molar-refractivity contribution in [1.29, 1.82) is 0 Å². The number of benzene rings is 2. The molecule has 0 spiro atoms. The molecule has 0 atom stereocenters. The van der Waals surface area contributed by atoms with E-state index < -0.39 is 0 Å². The van der Waals surface area contributed by atoms with Crippen LogP contribution in [-0.2, 0) is 5.41 Å². The number of nitrogens with one attached hydrogen (secondary N) is 1. The van der Waals surface area contributed by atoms with Gasteiger partial charge in [0.2, 0.25) is 0 Å². The van der Waals surface area contributed by atoms with Crippen LogP contribution in [0.3, 0.4) is 0 Å². The minimum atomic E-state index is -0.175. The summed E-state index contributed by atoms with van der Waals surface area (Å²) < 4.78 is 1.40. The van der Waals surface area contributed by atoms with E-state index in [2.05, 4.69) is 55.1 Å². The molecule has 0 radical (unpaired) electrons. The third-order valence-electron chi connectivity index (χ3n) is 4.72. The molecule has 4 aromatic rings. The number of H-pyrrole nitrogens is 1. The number of aromatic nitrogens is 3. The largest absolute Gasteiger partial charge is 0.339 e. The molecule has 0 aliphatic carbocycles. The molecule has 2 aromatic heterocycles. The summed E-state index contributed by atoms with van der Waals surface area (Å²) in [5.74, 6) is 0. The van der Waals surface area contributed by atoms with Crippen LogP contribution in [0, 0.1) is 0 Å². The highest BCUT2D eigenvalue weighted by molar-refractivity contribution is 6.30. The average molecular weight is 378 g/mol. The standard InChI is InChI=1S/C22H20ClN3O/c1-22(2,3)16-8-4-14(5-9-16)18-13-24-26-20(27)12-19(25-21(18)26)15-6-10-17(23)11-7-15/h4-13,25H,1-3H3. The van der Waals surface area contributed by atoms with Crippen LogP contribution in [0.4, 0.5) is 0 Å². The molecule has 136 valence electrons. The second-order valence-electron chi connectivity index (χ2n) is 7.67. The molecule has 0 fully saturated rings. The van der Waals surface area contributed by atoms with Gasteiger partial charge >= 0.3 is 0 Å². The first kappa shape index (κ1) is 17.6. The molecular weight excluding hydrogens is 358 g/mol. The minimum absolute atomic E-state index is 0.0929. The van der Waals surface area contributed by atoms with E-state index in [9.17, 15) is 4.79 Å². The van der Waals surface area contributed by atoms with Crippen LogP contribution in [-0.4, -0.2) is 14.6 Å². The van der Waals surface area contributed by atoms with Crippen LogP contribution in [0.25, 0.3) is 28.0 Å². The van der Waals surface area contributed by atoms with E-state index in [0.717, 1.165) is 22.4 Å². The molecular formula is C22H20ClN3O. The Bertz CT molecular complexity index is 1160. The quantitative estimate of drug-likeness (QED) is 0.514. The molecule has 4 nitrogen and oxygen atoms in total. The van der Waals surface area contributed by atoms with Gasteiger partial charge in [0.25, 0.3) is 5.56 Å². The molecule has 4 rings (SSSR count). The molecule has 0 saturated heterocycles. The molecule has 0 aliphatic rings. The van der Waals surface area contributed by atoms with Gasteiger partial charge in [0, 0.05) is 16.7 Å². The molecule has 0 bridgehead atoms. The van der Waals surface area contributed by atoms with Crippen molar-refractivity contribution >= 4 is 17.2 Å². The van der Waals surface area contributed by atoms with Crippen molar-refractivity contribution in [3.05, 3.63) is 81.7 Å². The predicted molar refractivity (Wildman–Crippen MR) is 110 cm³/mol. The Morgan fingerprint density at radius 2 is 1.59 bits per heavy atom. The average Bonchev–Trinajstić information content (AvgIpc) is 3.06. The van der Waals surface area contributed by atoms with Crippen molar-refractivity contribution in [2.45, 2.75) is 26.2 Å². The number of halogens is 1. The number of rotatable bonds is 2. The van der Waals surface area contributed by atoms with Crippen molar-refractivity contribution in [1.82, 2.24) is 14.6 Å². The molecule has 27 heavy (non-hydrogen) atoms. The second kappa shape index (κ2) is 6.39. The van der Waals surface area contributed by atoms with Crippen LogP contribution < -0.4 is 5.56 Å². The Morgan fingerprint density at radius 3 is 2.22 bits per heavy atom. The van der Waals surface area contributed by atoms with E-state index in [1.54, 1.807) is 12.3 Å². The van der Waals surface area contributed by atoms with E-state index in [1.165, 1.54) is 10.1 Å². The lowest BCUT2D eigenvalue weighted by Crippen LogP contribution is -2.14. The van der Waals surface area contributed by atoms with Crippen molar-refractivity contribution in [3.8, 4) is 22.4 Å². The lowest BCUT2D eigenvalue weighted by molar-refractivity contribution is 0.590. The fourth-order valence-corrected chi connectivity index (χ4v) is 3.26. The molecule has 0 aliphatic heterocycles. The van der Waals surface area contributed by atoms with E-state index in [0.29, 0.717) is 10.7 Å². The second-order valence-corrected chi connectivity index (χ2v) is 8.11. The molecule has 1 N–H and O–H groups in total. The molecule has 0 amide bonds. The van der Waals surface area contributed by atoms with Gasteiger partial charge in [0.05, 0.1) is 11.9 Å². The number of hydrogen-bond donors (Lipinski definition) is 1. The molecule has 2 aromatic carbocycles.